The molecule has 0 aromatic heterocycles. The van der Waals surface area contributed by atoms with E-state index in [1.165, 1.54) is 17.0 Å². The first-order valence-corrected chi connectivity index (χ1v) is 7.75. The van der Waals surface area contributed by atoms with Crippen LogP contribution in [-0.2, 0) is 11.3 Å². The molecule has 0 fully saturated rings. The van der Waals surface area contributed by atoms with Crippen LogP contribution in [0.3, 0.4) is 0 Å². The fourth-order valence-electron chi connectivity index (χ4n) is 2.52. The van der Waals surface area contributed by atoms with E-state index in [1.807, 2.05) is 30.3 Å². The Kier molecular flexibility index (Phi) is 5.84. The zero-order chi connectivity index (χ0) is 18.4. The van der Waals surface area contributed by atoms with Crippen LogP contribution in [0, 0.1) is 17.0 Å². The van der Waals surface area contributed by atoms with E-state index >= 15 is 0 Å². The van der Waals surface area contributed by atoms with E-state index in [4.69, 9.17) is 5.73 Å². The number of carbonyl (C=O) groups excluding carboxylic acids is 2. The Morgan fingerprint density at radius 3 is 2.40 bits per heavy atom. The van der Waals surface area contributed by atoms with Gasteiger partial charge in [0.05, 0.1) is 4.92 Å². The molecule has 0 spiro atoms. The van der Waals surface area contributed by atoms with Gasteiger partial charge >= 0.3 is 0 Å². The molecule has 2 aromatic rings. The highest BCUT2D eigenvalue weighted by atomic mass is 16.6. The van der Waals surface area contributed by atoms with E-state index in [9.17, 15) is 19.7 Å². The average molecular weight is 341 g/mol. The van der Waals surface area contributed by atoms with Crippen molar-refractivity contribution in [3.8, 4) is 0 Å². The summed E-state index contributed by atoms with van der Waals surface area (Å²) in [4.78, 5) is 36.1. The second-order valence-electron chi connectivity index (χ2n) is 5.64. The van der Waals surface area contributed by atoms with Crippen molar-refractivity contribution in [3.63, 3.8) is 0 Å². The van der Waals surface area contributed by atoms with Crippen LogP contribution in [0.25, 0.3) is 0 Å². The molecule has 0 saturated heterocycles. The van der Waals surface area contributed by atoms with Gasteiger partial charge in [0, 0.05) is 36.7 Å². The fourth-order valence-corrected chi connectivity index (χ4v) is 2.52. The molecule has 0 aliphatic heterocycles. The molecular weight excluding hydrogens is 322 g/mol. The van der Waals surface area contributed by atoms with Crippen LogP contribution in [0.1, 0.15) is 27.9 Å². The Labute approximate surface area is 145 Å². The van der Waals surface area contributed by atoms with Crippen LogP contribution in [0.15, 0.2) is 48.5 Å². The molecule has 2 amide bonds. The van der Waals surface area contributed by atoms with Gasteiger partial charge < -0.3 is 10.6 Å². The number of hydrogen-bond donors (Lipinski definition) is 1. The van der Waals surface area contributed by atoms with Gasteiger partial charge in [-0.05, 0) is 18.6 Å². The molecule has 2 rings (SSSR count). The van der Waals surface area contributed by atoms with E-state index < -0.39 is 10.8 Å². The minimum Gasteiger partial charge on any atom is -0.370 e. The topological polar surface area (TPSA) is 107 Å². The van der Waals surface area contributed by atoms with Crippen molar-refractivity contribution in [1.82, 2.24) is 4.90 Å². The smallest absolute Gasteiger partial charge is 0.273 e. The van der Waals surface area contributed by atoms with Gasteiger partial charge in [0.15, 0.2) is 0 Å². The van der Waals surface area contributed by atoms with E-state index in [-0.39, 0.29) is 36.7 Å². The van der Waals surface area contributed by atoms with Crippen LogP contribution in [-0.4, -0.2) is 28.2 Å². The molecule has 0 unspecified atom stereocenters. The number of nitro groups is 1. The Bertz CT molecular complexity index is 790. The quantitative estimate of drug-likeness (QED) is 0.616. The van der Waals surface area contributed by atoms with Crippen molar-refractivity contribution in [2.45, 2.75) is 19.9 Å². The second kappa shape index (κ2) is 8.05. The number of carbonyl (C=O) groups is 2. The molecule has 2 aromatic carbocycles. The van der Waals surface area contributed by atoms with Gasteiger partial charge in [0.2, 0.25) is 5.91 Å². The molecule has 0 heterocycles. The lowest BCUT2D eigenvalue weighted by Crippen LogP contribution is -2.34. The highest BCUT2D eigenvalue weighted by molar-refractivity contribution is 5.96. The Balaban J connectivity index is 2.33. The maximum Gasteiger partial charge on any atom is 0.273 e. The van der Waals surface area contributed by atoms with Gasteiger partial charge in [-0.15, -0.1) is 0 Å². The molecule has 7 heteroatoms. The normalized spacial score (nSPS) is 10.3. The number of benzene rings is 2. The summed E-state index contributed by atoms with van der Waals surface area (Å²) in [6.07, 6.45) is 0.0204. The van der Waals surface area contributed by atoms with Crippen molar-refractivity contribution in [1.29, 1.82) is 0 Å². The van der Waals surface area contributed by atoms with E-state index in [2.05, 4.69) is 0 Å². The summed E-state index contributed by atoms with van der Waals surface area (Å²) in [5, 5.41) is 11.1. The monoisotopic (exact) mass is 341 g/mol. The third-order valence-electron chi connectivity index (χ3n) is 3.86. The first kappa shape index (κ1) is 18.1. The van der Waals surface area contributed by atoms with Crippen molar-refractivity contribution in [2.75, 3.05) is 6.54 Å². The maximum absolute atomic E-state index is 12.9. The van der Waals surface area contributed by atoms with Gasteiger partial charge in [-0.2, -0.15) is 0 Å². The molecule has 0 aliphatic carbocycles. The third-order valence-corrected chi connectivity index (χ3v) is 3.86. The van der Waals surface area contributed by atoms with Gasteiger partial charge in [-0.1, -0.05) is 36.4 Å². The van der Waals surface area contributed by atoms with Gasteiger partial charge in [-0.3, -0.25) is 19.7 Å². The summed E-state index contributed by atoms with van der Waals surface area (Å²) >= 11 is 0. The van der Waals surface area contributed by atoms with Crippen LogP contribution >= 0.6 is 0 Å². The van der Waals surface area contributed by atoms with Crippen molar-refractivity contribution < 1.29 is 14.5 Å². The highest BCUT2D eigenvalue weighted by Gasteiger charge is 2.22. The number of nitrogens with zero attached hydrogens (tertiary/aromatic N) is 2. The predicted molar refractivity (Wildman–Crippen MR) is 92.8 cm³/mol. The number of rotatable bonds is 7. The minimum absolute atomic E-state index is 0.0204. The Morgan fingerprint density at radius 2 is 1.80 bits per heavy atom. The van der Waals surface area contributed by atoms with Crippen LogP contribution in [0.5, 0.6) is 0 Å². The van der Waals surface area contributed by atoms with E-state index in [0.29, 0.717) is 5.56 Å². The Morgan fingerprint density at radius 1 is 1.12 bits per heavy atom. The van der Waals surface area contributed by atoms with Crippen LogP contribution in [0.2, 0.25) is 0 Å². The van der Waals surface area contributed by atoms with Gasteiger partial charge in [0.25, 0.3) is 11.6 Å². The predicted octanol–water partition coefficient (Wildman–Crippen LogP) is 2.42. The SMILES string of the molecule is Cc1c(C(=O)N(CCC(N)=O)Cc2ccccc2)cccc1[N+](=O)[O-]. The van der Waals surface area contributed by atoms with Crippen molar-refractivity contribution >= 4 is 17.5 Å². The standard InChI is InChI=1S/C18H19N3O4/c1-13-15(8-5-9-16(13)21(24)25)18(23)20(11-10-17(19)22)12-14-6-3-2-4-7-14/h2-9H,10-12H2,1H3,(H2,19,22). The molecule has 0 bridgehead atoms. The Hall–Kier alpha value is -3.22. The number of nitrogens with two attached hydrogens (primary N) is 1. The lowest BCUT2D eigenvalue weighted by atomic mass is 10.0. The number of nitro benzene ring substituents is 1. The lowest BCUT2D eigenvalue weighted by molar-refractivity contribution is -0.385. The van der Waals surface area contributed by atoms with E-state index in [1.54, 1.807) is 13.0 Å². The summed E-state index contributed by atoms with van der Waals surface area (Å²) < 4.78 is 0. The summed E-state index contributed by atoms with van der Waals surface area (Å²) in [7, 11) is 0. The summed E-state index contributed by atoms with van der Waals surface area (Å²) in [5.74, 6) is -0.882. The maximum atomic E-state index is 12.9. The molecule has 25 heavy (non-hydrogen) atoms. The number of primary amides is 1. The lowest BCUT2D eigenvalue weighted by Gasteiger charge is -2.23. The first-order chi connectivity index (χ1) is 11.9. The largest absolute Gasteiger partial charge is 0.370 e. The van der Waals surface area contributed by atoms with Crippen molar-refractivity contribution in [2.24, 2.45) is 5.73 Å². The van der Waals surface area contributed by atoms with Crippen LogP contribution in [0.4, 0.5) is 5.69 Å². The zero-order valence-electron chi connectivity index (χ0n) is 13.8. The second-order valence-corrected chi connectivity index (χ2v) is 5.64. The molecule has 0 saturated carbocycles. The van der Waals surface area contributed by atoms with E-state index in [0.717, 1.165) is 5.56 Å². The summed E-state index contributed by atoms with van der Waals surface area (Å²) in [5.41, 5.74) is 6.53. The minimum atomic E-state index is -0.517. The summed E-state index contributed by atoms with van der Waals surface area (Å²) in [6.45, 7) is 1.97. The molecule has 0 aliphatic rings. The average Bonchev–Trinajstić information content (AvgIpc) is 2.58. The molecule has 0 atom stereocenters. The summed E-state index contributed by atoms with van der Waals surface area (Å²) in [6, 6.07) is 13.7. The number of hydrogen-bond acceptors (Lipinski definition) is 4. The van der Waals surface area contributed by atoms with Gasteiger partial charge in [-0.25, -0.2) is 0 Å². The van der Waals surface area contributed by atoms with Gasteiger partial charge in [0.1, 0.15) is 0 Å². The third kappa shape index (κ3) is 4.63. The number of amides is 2. The molecule has 130 valence electrons. The van der Waals surface area contributed by atoms with Crippen molar-refractivity contribution in [3.05, 3.63) is 75.3 Å². The fraction of sp³-hybridized carbons (Fsp3) is 0.222. The molecule has 2 N–H and O–H groups in total. The zero-order valence-corrected chi connectivity index (χ0v) is 13.8. The molecule has 0 radical (unpaired) electrons. The first-order valence-electron chi connectivity index (χ1n) is 7.75. The highest BCUT2D eigenvalue weighted by Crippen LogP contribution is 2.23. The molecule has 7 nitrogen and oxygen atoms in total. The molecular formula is C18H19N3O4. The van der Waals surface area contributed by atoms with Crippen LogP contribution < -0.4 is 5.73 Å².